The lowest BCUT2D eigenvalue weighted by molar-refractivity contribution is -0.173. The predicted octanol–water partition coefficient (Wildman–Crippen LogP) is -2.78. The average molecular weight is 237 g/mol. The van der Waals surface area contributed by atoms with E-state index < -0.39 is 44.0 Å². The summed E-state index contributed by atoms with van der Waals surface area (Å²) in [6.07, 6.45) is 0. The molecule has 0 unspecified atom stereocenters. The van der Waals surface area contributed by atoms with Crippen molar-refractivity contribution in [3.63, 3.8) is 0 Å². The first-order chi connectivity index (χ1) is 7.44. The Morgan fingerprint density at radius 2 is 1.75 bits per heavy atom. The second-order valence-electron chi connectivity index (χ2n) is 3.16. The fraction of sp³-hybridized carbons (Fsp3) is 0.750. The maximum atomic E-state index is 11.4. The molecule has 0 aromatic carbocycles. The summed E-state index contributed by atoms with van der Waals surface area (Å²) >= 11 is 0. The van der Waals surface area contributed by atoms with Crippen LogP contribution in [-0.2, 0) is 14.3 Å². The minimum atomic E-state index is -1.87. The molecule has 0 aromatic heterocycles. The number of likely N-dealkylation sites (N-methyl/N-ethyl adjacent to an activating group) is 1. The van der Waals surface area contributed by atoms with Crippen LogP contribution in [0.5, 0.6) is 0 Å². The zero-order valence-corrected chi connectivity index (χ0v) is 8.79. The number of ether oxygens (including phenoxy) is 1. The number of aliphatic carboxylic acids is 1. The predicted molar refractivity (Wildman–Crippen MR) is 50.3 cm³/mol. The summed E-state index contributed by atoms with van der Waals surface area (Å²) in [4.78, 5) is 22.8. The first-order valence-corrected chi connectivity index (χ1v) is 4.37. The van der Waals surface area contributed by atoms with E-state index in [-0.39, 0.29) is 0 Å². The Bertz CT molecular complexity index is 251. The topological polar surface area (TPSA) is 128 Å². The molecule has 0 saturated heterocycles. The highest BCUT2D eigenvalue weighted by Gasteiger charge is 2.43. The summed E-state index contributed by atoms with van der Waals surface area (Å²) in [5.74, 6) is -2.32. The van der Waals surface area contributed by atoms with Gasteiger partial charge in [0, 0.05) is 0 Å². The van der Waals surface area contributed by atoms with E-state index in [4.69, 9.17) is 20.4 Å². The van der Waals surface area contributed by atoms with Crippen molar-refractivity contribution in [1.29, 1.82) is 0 Å². The molecule has 0 bridgehead atoms. The summed E-state index contributed by atoms with van der Waals surface area (Å²) in [6.45, 7) is -3.14. The second-order valence-corrected chi connectivity index (χ2v) is 3.16. The molecule has 0 rings (SSSR count). The van der Waals surface area contributed by atoms with Crippen LogP contribution >= 0.6 is 0 Å². The lowest BCUT2D eigenvalue weighted by Gasteiger charge is -2.35. The van der Waals surface area contributed by atoms with Crippen molar-refractivity contribution in [2.24, 2.45) is 0 Å². The van der Waals surface area contributed by atoms with E-state index in [1.165, 1.54) is 7.05 Å². The number of aliphatic hydroxyl groups is 3. The largest absolute Gasteiger partial charge is 0.480 e. The molecular formula is C8H15NO7. The van der Waals surface area contributed by atoms with Crippen LogP contribution in [0.3, 0.4) is 0 Å². The fourth-order valence-electron chi connectivity index (χ4n) is 1.12. The lowest BCUT2D eigenvalue weighted by atomic mass is 10.0. The average Bonchev–Trinajstić information content (AvgIpc) is 2.19. The highest BCUT2D eigenvalue weighted by atomic mass is 16.6. The molecule has 4 N–H and O–H groups in total. The molecule has 0 amide bonds. The summed E-state index contributed by atoms with van der Waals surface area (Å²) in [5.41, 5.74) is -1.87. The SMILES string of the molecule is CN(CC(=O)O)C(CO)(CO)C(=O)OCO. The number of carboxylic acids is 1. The summed E-state index contributed by atoms with van der Waals surface area (Å²) in [7, 11) is 1.24. The molecule has 0 fully saturated rings. The zero-order valence-electron chi connectivity index (χ0n) is 8.79. The molecule has 0 radical (unpaired) electrons. The van der Waals surface area contributed by atoms with Gasteiger partial charge >= 0.3 is 11.9 Å². The minimum Gasteiger partial charge on any atom is -0.480 e. The second kappa shape index (κ2) is 6.38. The number of esters is 1. The Morgan fingerprint density at radius 3 is 2.06 bits per heavy atom. The first kappa shape index (κ1) is 14.8. The van der Waals surface area contributed by atoms with Gasteiger partial charge in [-0.2, -0.15) is 0 Å². The third-order valence-electron chi connectivity index (χ3n) is 2.20. The van der Waals surface area contributed by atoms with Gasteiger partial charge in [0.15, 0.2) is 12.3 Å². The van der Waals surface area contributed by atoms with Crippen molar-refractivity contribution >= 4 is 11.9 Å². The summed E-state index contributed by atoms with van der Waals surface area (Å²) in [5, 5.41) is 35.1. The van der Waals surface area contributed by atoms with Crippen molar-refractivity contribution in [3.05, 3.63) is 0 Å². The van der Waals surface area contributed by atoms with E-state index in [0.717, 1.165) is 4.90 Å². The van der Waals surface area contributed by atoms with E-state index in [9.17, 15) is 9.59 Å². The Morgan fingerprint density at radius 1 is 1.25 bits per heavy atom. The number of carbonyl (C=O) groups excluding carboxylic acids is 1. The van der Waals surface area contributed by atoms with Crippen molar-refractivity contribution in [2.75, 3.05) is 33.6 Å². The molecule has 0 aliphatic rings. The molecule has 94 valence electrons. The van der Waals surface area contributed by atoms with Crippen LogP contribution in [0.25, 0.3) is 0 Å². The number of hydrogen-bond donors (Lipinski definition) is 4. The third kappa shape index (κ3) is 3.14. The Balaban J connectivity index is 4.92. The molecule has 0 aromatic rings. The number of aliphatic hydroxyl groups excluding tert-OH is 3. The maximum absolute atomic E-state index is 11.4. The van der Waals surface area contributed by atoms with Gasteiger partial charge in [0.1, 0.15) is 0 Å². The highest BCUT2D eigenvalue weighted by Crippen LogP contribution is 2.14. The minimum absolute atomic E-state index is 0.568. The van der Waals surface area contributed by atoms with Gasteiger partial charge in [-0.05, 0) is 7.05 Å². The number of hydrogen-bond acceptors (Lipinski definition) is 7. The van der Waals surface area contributed by atoms with E-state index in [1.807, 2.05) is 0 Å². The smallest absolute Gasteiger partial charge is 0.333 e. The van der Waals surface area contributed by atoms with Crippen molar-refractivity contribution < 1.29 is 34.8 Å². The van der Waals surface area contributed by atoms with Crippen LogP contribution in [0.4, 0.5) is 0 Å². The lowest BCUT2D eigenvalue weighted by Crippen LogP contribution is -2.60. The van der Waals surface area contributed by atoms with E-state index >= 15 is 0 Å². The van der Waals surface area contributed by atoms with Gasteiger partial charge in [-0.25, -0.2) is 4.79 Å². The molecular weight excluding hydrogens is 222 g/mol. The normalized spacial score (nSPS) is 11.6. The monoisotopic (exact) mass is 237 g/mol. The molecule has 0 spiro atoms. The Kier molecular flexibility index (Phi) is 5.89. The molecule has 0 aliphatic carbocycles. The molecule has 0 aliphatic heterocycles. The number of rotatable bonds is 7. The van der Waals surface area contributed by atoms with E-state index in [1.54, 1.807) is 0 Å². The van der Waals surface area contributed by atoms with E-state index in [0.29, 0.717) is 0 Å². The van der Waals surface area contributed by atoms with Crippen LogP contribution in [0.15, 0.2) is 0 Å². The summed E-state index contributed by atoms with van der Waals surface area (Å²) in [6, 6.07) is 0. The zero-order chi connectivity index (χ0) is 12.8. The van der Waals surface area contributed by atoms with Crippen LogP contribution in [0.1, 0.15) is 0 Å². The molecule has 8 heteroatoms. The van der Waals surface area contributed by atoms with Crippen molar-refractivity contribution in [2.45, 2.75) is 5.54 Å². The Hall–Kier alpha value is -1.22. The third-order valence-corrected chi connectivity index (χ3v) is 2.20. The van der Waals surface area contributed by atoms with Gasteiger partial charge in [-0.1, -0.05) is 0 Å². The van der Waals surface area contributed by atoms with E-state index in [2.05, 4.69) is 4.74 Å². The fourth-order valence-corrected chi connectivity index (χ4v) is 1.12. The van der Waals surface area contributed by atoms with Crippen LogP contribution in [0, 0.1) is 0 Å². The highest BCUT2D eigenvalue weighted by molar-refractivity contribution is 5.82. The van der Waals surface area contributed by atoms with Gasteiger partial charge in [-0.3, -0.25) is 9.69 Å². The van der Waals surface area contributed by atoms with Gasteiger partial charge < -0.3 is 25.2 Å². The molecule has 8 nitrogen and oxygen atoms in total. The number of carbonyl (C=O) groups is 2. The maximum Gasteiger partial charge on any atom is 0.333 e. The Labute approximate surface area is 91.7 Å². The quantitative estimate of drug-likeness (QED) is 0.276. The molecule has 16 heavy (non-hydrogen) atoms. The molecule has 0 heterocycles. The van der Waals surface area contributed by atoms with Crippen LogP contribution < -0.4 is 0 Å². The van der Waals surface area contributed by atoms with Gasteiger partial charge in [0.05, 0.1) is 19.8 Å². The number of carboxylic acid groups (broad SMARTS) is 1. The van der Waals surface area contributed by atoms with Gasteiger partial charge in [0.25, 0.3) is 0 Å². The van der Waals surface area contributed by atoms with Crippen LogP contribution in [0.2, 0.25) is 0 Å². The number of nitrogens with zero attached hydrogens (tertiary/aromatic N) is 1. The van der Waals surface area contributed by atoms with Gasteiger partial charge in [-0.15, -0.1) is 0 Å². The van der Waals surface area contributed by atoms with Crippen molar-refractivity contribution in [3.8, 4) is 0 Å². The molecule has 0 saturated carbocycles. The van der Waals surface area contributed by atoms with Gasteiger partial charge in [0.2, 0.25) is 0 Å². The van der Waals surface area contributed by atoms with Crippen molar-refractivity contribution in [1.82, 2.24) is 4.90 Å². The van der Waals surface area contributed by atoms with Crippen LogP contribution in [-0.4, -0.2) is 76.4 Å². The first-order valence-electron chi connectivity index (χ1n) is 4.37. The molecule has 0 atom stereocenters. The standard InChI is InChI=1S/C8H15NO7/c1-9(2-6(13)14)8(3-10,4-11)7(15)16-5-12/h10-12H,2-5H2,1H3,(H,13,14). The summed E-state index contributed by atoms with van der Waals surface area (Å²) < 4.78 is 4.25.